The van der Waals surface area contributed by atoms with Crippen LogP contribution in [0.25, 0.3) is 0 Å². The lowest BCUT2D eigenvalue weighted by atomic mass is 9.93. The fourth-order valence-corrected chi connectivity index (χ4v) is 3.59. The number of nitrogen functional groups attached to an aromatic ring is 1. The highest BCUT2D eigenvalue weighted by molar-refractivity contribution is 5.47. The molecule has 0 fully saturated rings. The molecule has 1 aliphatic rings. The largest absolute Gasteiger partial charge is 0.497 e. The molecule has 0 spiro atoms. The van der Waals surface area contributed by atoms with Crippen LogP contribution in [0.5, 0.6) is 17.2 Å². The molecule has 2 atom stereocenters. The number of nitrogens with two attached hydrogens (primary N) is 1. The Morgan fingerprint density at radius 2 is 1.68 bits per heavy atom. The van der Waals surface area contributed by atoms with Gasteiger partial charge in [-0.25, -0.2) is 4.68 Å². The van der Waals surface area contributed by atoms with Gasteiger partial charge in [-0.3, -0.25) is 0 Å². The molecule has 0 saturated heterocycles. The van der Waals surface area contributed by atoms with Crippen molar-refractivity contribution in [2.45, 2.75) is 18.5 Å². The molecule has 1 aliphatic heterocycles. The number of anilines is 2. The van der Waals surface area contributed by atoms with E-state index >= 15 is 0 Å². The fourth-order valence-electron chi connectivity index (χ4n) is 3.59. The van der Waals surface area contributed by atoms with Gasteiger partial charge in [-0.1, -0.05) is 18.2 Å². The van der Waals surface area contributed by atoms with Crippen molar-refractivity contribution in [3.8, 4) is 17.2 Å². The lowest BCUT2D eigenvalue weighted by Crippen LogP contribution is -2.28. The highest BCUT2D eigenvalue weighted by Gasteiger charge is 2.31. The summed E-state index contributed by atoms with van der Waals surface area (Å²) in [6.07, 6.45) is 0.775. The van der Waals surface area contributed by atoms with Gasteiger partial charge >= 0.3 is 0 Å². The predicted molar refractivity (Wildman–Crippen MR) is 106 cm³/mol. The van der Waals surface area contributed by atoms with Gasteiger partial charge in [-0.05, 0) is 41.8 Å². The van der Waals surface area contributed by atoms with Gasteiger partial charge in [0, 0.05) is 0 Å². The van der Waals surface area contributed by atoms with E-state index in [1.54, 1.807) is 21.3 Å². The predicted octanol–water partition coefficient (Wildman–Crippen LogP) is 3.03. The zero-order valence-electron chi connectivity index (χ0n) is 16.0. The van der Waals surface area contributed by atoms with Crippen LogP contribution in [-0.4, -0.2) is 36.1 Å². The second-order valence-electron chi connectivity index (χ2n) is 6.57. The first-order valence-corrected chi connectivity index (χ1v) is 8.97. The Bertz CT molecular complexity index is 970. The number of nitrogens with one attached hydrogen (secondary N) is 1. The van der Waals surface area contributed by atoms with Crippen LogP contribution in [0, 0.1) is 0 Å². The molecule has 28 heavy (non-hydrogen) atoms. The first-order chi connectivity index (χ1) is 13.6. The number of fused-ring (bicyclic) bond motifs is 1. The number of ether oxygens (including phenoxy) is 3. The number of methoxy groups -OCH3 is 3. The second-order valence-corrected chi connectivity index (χ2v) is 6.57. The van der Waals surface area contributed by atoms with Crippen LogP contribution in [-0.2, 0) is 0 Å². The molecule has 2 unspecified atom stereocenters. The summed E-state index contributed by atoms with van der Waals surface area (Å²) in [6.45, 7) is 0. The molecule has 3 N–H and O–H groups in total. The zero-order valence-corrected chi connectivity index (χ0v) is 16.0. The average molecular weight is 381 g/mol. The van der Waals surface area contributed by atoms with E-state index in [0.29, 0.717) is 17.4 Å². The first kappa shape index (κ1) is 18.0. The molecule has 0 saturated carbocycles. The Hall–Kier alpha value is -3.42. The normalized spacial score (nSPS) is 18.1. The number of benzene rings is 2. The molecule has 2 heterocycles. The van der Waals surface area contributed by atoms with Gasteiger partial charge in [-0.15, -0.1) is 5.10 Å². The molecule has 0 radical (unpaired) electrons. The Morgan fingerprint density at radius 3 is 2.36 bits per heavy atom. The Balaban J connectivity index is 1.73. The van der Waals surface area contributed by atoms with Crippen molar-refractivity contribution < 1.29 is 14.2 Å². The molecule has 0 amide bonds. The highest BCUT2D eigenvalue weighted by atomic mass is 16.5. The molecule has 3 aromatic rings. The minimum absolute atomic E-state index is 0.0482. The molecule has 0 aliphatic carbocycles. The minimum atomic E-state index is -0.0482. The summed E-state index contributed by atoms with van der Waals surface area (Å²) in [5, 5.41) is 7.83. The molecule has 1 aromatic heterocycles. The third-order valence-electron chi connectivity index (χ3n) is 5.02. The molecule has 8 nitrogen and oxygen atoms in total. The average Bonchev–Trinajstić information content (AvgIpc) is 3.12. The SMILES string of the molecule is COc1ccc(C2CC(c3ccc(OC)c(OC)c3)n3nc(N)nc3N2)cc1. The maximum Gasteiger partial charge on any atom is 0.241 e. The summed E-state index contributed by atoms with van der Waals surface area (Å²) in [6, 6.07) is 13.9. The Kier molecular flexibility index (Phi) is 4.68. The summed E-state index contributed by atoms with van der Waals surface area (Å²) in [5.41, 5.74) is 8.06. The van der Waals surface area contributed by atoms with Crippen LogP contribution in [0.3, 0.4) is 0 Å². The molecule has 8 heteroatoms. The van der Waals surface area contributed by atoms with Crippen molar-refractivity contribution >= 4 is 11.9 Å². The van der Waals surface area contributed by atoms with Gasteiger partial charge in [0.1, 0.15) is 5.75 Å². The first-order valence-electron chi connectivity index (χ1n) is 8.97. The van der Waals surface area contributed by atoms with Crippen LogP contribution in [0.4, 0.5) is 11.9 Å². The molecule has 2 aromatic carbocycles. The van der Waals surface area contributed by atoms with Crippen molar-refractivity contribution in [3.63, 3.8) is 0 Å². The zero-order chi connectivity index (χ0) is 19.7. The minimum Gasteiger partial charge on any atom is -0.497 e. The number of rotatable bonds is 5. The maximum absolute atomic E-state index is 5.88. The topological polar surface area (TPSA) is 96.5 Å². The summed E-state index contributed by atoms with van der Waals surface area (Å²) < 4.78 is 17.9. The van der Waals surface area contributed by atoms with E-state index in [1.165, 1.54) is 0 Å². The summed E-state index contributed by atoms with van der Waals surface area (Å²) in [7, 11) is 4.91. The van der Waals surface area contributed by atoms with Gasteiger partial charge < -0.3 is 25.3 Å². The molecular formula is C20H23N5O3. The van der Waals surface area contributed by atoms with Gasteiger partial charge in [0.25, 0.3) is 0 Å². The highest BCUT2D eigenvalue weighted by Crippen LogP contribution is 2.40. The number of nitrogens with zero attached hydrogens (tertiary/aromatic N) is 3. The Morgan fingerprint density at radius 1 is 0.964 bits per heavy atom. The monoisotopic (exact) mass is 381 g/mol. The van der Waals surface area contributed by atoms with Crippen molar-refractivity contribution in [3.05, 3.63) is 53.6 Å². The van der Waals surface area contributed by atoms with Crippen LogP contribution in [0.2, 0.25) is 0 Å². The smallest absolute Gasteiger partial charge is 0.241 e. The van der Waals surface area contributed by atoms with Crippen molar-refractivity contribution in [2.75, 3.05) is 32.4 Å². The van der Waals surface area contributed by atoms with E-state index in [4.69, 9.17) is 19.9 Å². The molecule has 4 rings (SSSR count). The third-order valence-corrected chi connectivity index (χ3v) is 5.02. The summed E-state index contributed by atoms with van der Waals surface area (Å²) in [4.78, 5) is 4.35. The van der Waals surface area contributed by atoms with Crippen molar-refractivity contribution in [2.24, 2.45) is 0 Å². The number of hydrogen-bond acceptors (Lipinski definition) is 7. The van der Waals surface area contributed by atoms with Crippen LogP contribution in [0.1, 0.15) is 29.6 Å². The van der Waals surface area contributed by atoms with Crippen molar-refractivity contribution in [1.82, 2.24) is 14.8 Å². The molecule has 0 bridgehead atoms. The number of hydrogen-bond donors (Lipinski definition) is 2. The molecule has 146 valence electrons. The van der Waals surface area contributed by atoms with Gasteiger partial charge in [0.2, 0.25) is 11.9 Å². The van der Waals surface area contributed by atoms with E-state index in [2.05, 4.69) is 27.5 Å². The Labute approximate surface area is 163 Å². The summed E-state index contributed by atoms with van der Waals surface area (Å²) >= 11 is 0. The summed E-state index contributed by atoms with van der Waals surface area (Å²) in [5.74, 6) is 3.07. The van der Waals surface area contributed by atoms with Gasteiger partial charge in [-0.2, -0.15) is 4.98 Å². The van der Waals surface area contributed by atoms with E-state index in [-0.39, 0.29) is 18.0 Å². The standard InChI is InChI=1S/C20H23N5O3/c1-26-14-7-4-12(5-8-14)15-11-16(25-20(22-15)23-19(21)24-25)13-6-9-17(27-2)18(10-13)28-3/h4-10,15-16H,11H2,1-3H3,(H3,21,22,23,24). The lowest BCUT2D eigenvalue weighted by Gasteiger charge is -2.32. The van der Waals surface area contributed by atoms with Gasteiger partial charge in [0.15, 0.2) is 11.5 Å². The van der Waals surface area contributed by atoms with E-state index < -0.39 is 0 Å². The lowest BCUT2D eigenvalue weighted by molar-refractivity contribution is 0.352. The second kappa shape index (κ2) is 7.30. The third kappa shape index (κ3) is 3.17. The molecular weight excluding hydrogens is 358 g/mol. The van der Waals surface area contributed by atoms with Crippen molar-refractivity contribution in [1.29, 1.82) is 0 Å². The quantitative estimate of drug-likeness (QED) is 0.701. The number of aromatic nitrogens is 3. The van der Waals surface area contributed by atoms with E-state index in [0.717, 1.165) is 23.3 Å². The van der Waals surface area contributed by atoms with E-state index in [9.17, 15) is 0 Å². The van der Waals surface area contributed by atoms with Gasteiger partial charge in [0.05, 0.1) is 33.4 Å². The van der Waals surface area contributed by atoms with Crippen LogP contribution < -0.4 is 25.3 Å². The maximum atomic E-state index is 5.88. The van der Waals surface area contributed by atoms with Crippen LogP contribution >= 0.6 is 0 Å². The fraction of sp³-hybridized carbons (Fsp3) is 0.300. The van der Waals surface area contributed by atoms with Crippen LogP contribution in [0.15, 0.2) is 42.5 Å². The van der Waals surface area contributed by atoms with E-state index in [1.807, 2.05) is 35.0 Å².